The minimum atomic E-state index is -0.946. The number of Topliss-reactive ketones (excluding diaryl/α,β-unsaturated/α-hetero) is 1. The van der Waals surface area contributed by atoms with Crippen molar-refractivity contribution < 1.29 is 19.1 Å². The van der Waals surface area contributed by atoms with Crippen molar-refractivity contribution in [1.29, 1.82) is 0 Å². The van der Waals surface area contributed by atoms with Crippen LogP contribution in [0.25, 0.3) is 0 Å². The molecule has 0 bridgehead atoms. The van der Waals surface area contributed by atoms with Gasteiger partial charge in [-0.2, -0.15) is 0 Å². The molecule has 4 nitrogen and oxygen atoms in total. The molecule has 0 aromatic carbocycles. The molecule has 0 saturated carbocycles. The van der Waals surface area contributed by atoms with Crippen LogP contribution >= 0.6 is 0 Å². The fourth-order valence-electron chi connectivity index (χ4n) is 2.15. The van der Waals surface area contributed by atoms with E-state index in [9.17, 15) is 9.59 Å². The van der Waals surface area contributed by atoms with Gasteiger partial charge in [-0.3, -0.25) is 9.59 Å². The van der Waals surface area contributed by atoms with Crippen molar-refractivity contribution in [3.8, 4) is 0 Å². The summed E-state index contributed by atoms with van der Waals surface area (Å²) in [6.45, 7) is 6.96. The first-order valence-corrected chi connectivity index (χ1v) is 6.31. The molecule has 0 aromatic rings. The van der Waals surface area contributed by atoms with Gasteiger partial charge in [-0.1, -0.05) is 13.8 Å². The molecule has 0 N–H and O–H groups in total. The normalized spacial score (nSPS) is 19.1. The van der Waals surface area contributed by atoms with E-state index in [2.05, 4.69) is 0 Å². The third kappa shape index (κ3) is 3.28. The Balaban J connectivity index is 2.84. The van der Waals surface area contributed by atoms with Gasteiger partial charge in [0.1, 0.15) is 5.41 Å². The number of hydrogen-bond acceptors (Lipinski definition) is 4. The molecule has 0 aliphatic carbocycles. The summed E-state index contributed by atoms with van der Waals surface area (Å²) in [6, 6.07) is 0. The maximum atomic E-state index is 12.3. The maximum Gasteiger partial charge on any atom is 0.319 e. The Labute approximate surface area is 103 Å². The highest BCUT2D eigenvalue weighted by Gasteiger charge is 2.47. The van der Waals surface area contributed by atoms with Gasteiger partial charge in [-0.15, -0.1) is 0 Å². The minimum Gasteiger partial charge on any atom is -0.465 e. The summed E-state index contributed by atoms with van der Waals surface area (Å²) in [5.41, 5.74) is -0.946. The van der Waals surface area contributed by atoms with E-state index in [-0.39, 0.29) is 17.7 Å². The van der Waals surface area contributed by atoms with E-state index in [4.69, 9.17) is 9.47 Å². The average Bonchev–Trinajstić information content (AvgIpc) is 2.29. The molecule has 0 amide bonds. The number of carbonyl (C=O) groups is 2. The zero-order valence-electron chi connectivity index (χ0n) is 11.0. The Morgan fingerprint density at radius 1 is 1.29 bits per heavy atom. The van der Waals surface area contributed by atoms with Gasteiger partial charge in [-0.25, -0.2) is 0 Å². The van der Waals surface area contributed by atoms with Gasteiger partial charge in [0.25, 0.3) is 0 Å². The molecule has 0 aromatic heterocycles. The molecule has 1 aliphatic rings. The number of ether oxygens (including phenoxy) is 2. The minimum absolute atomic E-state index is 0.00856. The summed E-state index contributed by atoms with van der Waals surface area (Å²) in [7, 11) is 0. The van der Waals surface area contributed by atoms with E-state index >= 15 is 0 Å². The predicted octanol–water partition coefficient (Wildman–Crippen LogP) is 1.96. The van der Waals surface area contributed by atoms with Crippen LogP contribution in [0.3, 0.4) is 0 Å². The molecule has 1 rings (SSSR count). The van der Waals surface area contributed by atoms with Crippen LogP contribution in [0.1, 0.15) is 40.0 Å². The van der Waals surface area contributed by atoms with Crippen molar-refractivity contribution in [2.24, 2.45) is 11.3 Å². The van der Waals surface area contributed by atoms with Gasteiger partial charge in [0.15, 0.2) is 5.78 Å². The van der Waals surface area contributed by atoms with Crippen molar-refractivity contribution in [2.45, 2.75) is 40.0 Å². The van der Waals surface area contributed by atoms with E-state index < -0.39 is 5.41 Å². The zero-order chi connectivity index (χ0) is 12.9. The first-order valence-electron chi connectivity index (χ1n) is 6.31. The molecule has 0 unspecified atom stereocenters. The summed E-state index contributed by atoms with van der Waals surface area (Å²) in [4.78, 5) is 24.3. The van der Waals surface area contributed by atoms with Crippen LogP contribution in [-0.4, -0.2) is 31.6 Å². The predicted molar refractivity (Wildman–Crippen MR) is 63.6 cm³/mol. The molecular weight excluding hydrogens is 220 g/mol. The van der Waals surface area contributed by atoms with Gasteiger partial charge in [0, 0.05) is 19.6 Å². The summed E-state index contributed by atoms with van der Waals surface area (Å²) >= 11 is 0. The molecule has 1 fully saturated rings. The molecule has 0 spiro atoms. The van der Waals surface area contributed by atoms with Crippen LogP contribution in [0.4, 0.5) is 0 Å². The lowest BCUT2D eigenvalue weighted by Gasteiger charge is -2.33. The third-order valence-electron chi connectivity index (χ3n) is 3.14. The second-order valence-corrected chi connectivity index (χ2v) is 4.94. The van der Waals surface area contributed by atoms with Crippen molar-refractivity contribution in [3.63, 3.8) is 0 Å². The number of esters is 1. The summed E-state index contributed by atoms with van der Waals surface area (Å²) in [6.07, 6.45) is 1.34. The molecule has 0 radical (unpaired) electrons. The lowest BCUT2D eigenvalue weighted by atomic mass is 9.74. The first-order chi connectivity index (χ1) is 8.03. The van der Waals surface area contributed by atoms with Gasteiger partial charge in [-0.05, 0) is 25.7 Å². The standard InChI is InChI=1S/C13H22O4/c1-4-17-12(15)13(5-7-16-8-6-13)11(14)9-10(2)3/h10H,4-9H2,1-3H3. The molecular formula is C13H22O4. The van der Waals surface area contributed by atoms with Gasteiger partial charge < -0.3 is 9.47 Å². The largest absolute Gasteiger partial charge is 0.465 e. The van der Waals surface area contributed by atoms with Crippen LogP contribution in [0, 0.1) is 11.3 Å². The Kier molecular flexibility index (Phi) is 5.12. The van der Waals surface area contributed by atoms with Crippen LogP contribution < -0.4 is 0 Å². The van der Waals surface area contributed by atoms with Crippen LogP contribution in [-0.2, 0) is 19.1 Å². The maximum absolute atomic E-state index is 12.3. The fourth-order valence-corrected chi connectivity index (χ4v) is 2.15. The molecule has 98 valence electrons. The molecule has 0 atom stereocenters. The Bertz CT molecular complexity index is 277. The van der Waals surface area contributed by atoms with E-state index in [0.717, 1.165) is 0 Å². The third-order valence-corrected chi connectivity index (χ3v) is 3.14. The highest BCUT2D eigenvalue weighted by molar-refractivity contribution is 6.04. The van der Waals surface area contributed by atoms with Gasteiger partial charge in [0.05, 0.1) is 6.61 Å². The van der Waals surface area contributed by atoms with E-state index in [1.807, 2.05) is 13.8 Å². The lowest BCUT2D eigenvalue weighted by molar-refractivity contribution is -0.166. The monoisotopic (exact) mass is 242 g/mol. The Morgan fingerprint density at radius 2 is 1.88 bits per heavy atom. The van der Waals surface area contributed by atoms with Gasteiger partial charge >= 0.3 is 5.97 Å². The number of ketones is 1. The number of rotatable bonds is 5. The average molecular weight is 242 g/mol. The van der Waals surface area contributed by atoms with Crippen LogP contribution in [0.15, 0.2) is 0 Å². The first kappa shape index (κ1) is 14.2. The highest BCUT2D eigenvalue weighted by atomic mass is 16.5. The van der Waals surface area contributed by atoms with Crippen LogP contribution in [0.5, 0.6) is 0 Å². The molecule has 4 heteroatoms. The zero-order valence-corrected chi connectivity index (χ0v) is 11.0. The fraction of sp³-hybridized carbons (Fsp3) is 0.846. The van der Waals surface area contributed by atoms with E-state index in [1.165, 1.54) is 0 Å². The smallest absolute Gasteiger partial charge is 0.319 e. The lowest BCUT2D eigenvalue weighted by Crippen LogP contribution is -2.45. The van der Waals surface area contributed by atoms with Gasteiger partial charge in [0.2, 0.25) is 0 Å². The second kappa shape index (κ2) is 6.15. The van der Waals surface area contributed by atoms with Crippen LogP contribution in [0.2, 0.25) is 0 Å². The highest BCUT2D eigenvalue weighted by Crippen LogP contribution is 2.35. The van der Waals surface area contributed by atoms with E-state index in [0.29, 0.717) is 39.1 Å². The molecule has 1 saturated heterocycles. The number of carbonyl (C=O) groups excluding carboxylic acids is 2. The molecule has 17 heavy (non-hydrogen) atoms. The van der Waals surface area contributed by atoms with E-state index in [1.54, 1.807) is 6.92 Å². The topological polar surface area (TPSA) is 52.6 Å². The van der Waals surface area contributed by atoms with Crippen molar-refractivity contribution in [2.75, 3.05) is 19.8 Å². The molecule has 1 heterocycles. The summed E-state index contributed by atoms with van der Waals surface area (Å²) in [5, 5.41) is 0. The van der Waals surface area contributed by atoms with Crippen molar-refractivity contribution in [3.05, 3.63) is 0 Å². The second-order valence-electron chi connectivity index (χ2n) is 4.94. The van der Waals surface area contributed by atoms with Crippen molar-refractivity contribution in [1.82, 2.24) is 0 Å². The Morgan fingerprint density at radius 3 is 2.35 bits per heavy atom. The Hall–Kier alpha value is -0.900. The number of hydrogen-bond donors (Lipinski definition) is 0. The quantitative estimate of drug-likeness (QED) is 0.546. The van der Waals surface area contributed by atoms with Crippen molar-refractivity contribution >= 4 is 11.8 Å². The summed E-state index contributed by atoms with van der Waals surface area (Å²) < 4.78 is 10.3. The SMILES string of the molecule is CCOC(=O)C1(C(=O)CC(C)C)CCOCC1. The molecule has 1 aliphatic heterocycles. The summed E-state index contributed by atoms with van der Waals surface area (Å²) in [5.74, 6) is -0.0974.